The summed E-state index contributed by atoms with van der Waals surface area (Å²) in [6, 6.07) is 5.54. The number of ether oxygens (including phenoxy) is 1. The van der Waals surface area contributed by atoms with Gasteiger partial charge in [0.1, 0.15) is 5.60 Å². The second-order valence-corrected chi connectivity index (χ2v) is 6.40. The molecule has 5 heteroatoms. The van der Waals surface area contributed by atoms with Crippen molar-refractivity contribution in [2.45, 2.75) is 45.1 Å². The molecule has 0 radical (unpaired) electrons. The Bertz CT molecular complexity index is 561. The molecule has 2 amide bonds. The molecule has 0 fully saturated rings. The predicted octanol–water partition coefficient (Wildman–Crippen LogP) is 2.34. The normalized spacial score (nSPS) is 17.2. The Balaban J connectivity index is 2.01. The van der Waals surface area contributed by atoms with E-state index in [9.17, 15) is 9.59 Å². The number of nitrogens with two attached hydrogens (primary N) is 1. The molecule has 21 heavy (non-hydrogen) atoms. The molecule has 1 unspecified atom stereocenters. The van der Waals surface area contributed by atoms with Crippen molar-refractivity contribution < 1.29 is 14.3 Å². The molecule has 3 N–H and O–H groups in total. The number of aryl methyl sites for hydroxylation is 1. The molecule has 0 heterocycles. The summed E-state index contributed by atoms with van der Waals surface area (Å²) in [5.41, 5.74) is 7.64. The SMILES string of the molecule is CC(C)(C)OC(=O)NCC1CCc2ccc(C(N)=O)cc21. The van der Waals surface area contributed by atoms with Crippen LogP contribution in [-0.4, -0.2) is 24.1 Å². The van der Waals surface area contributed by atoms with Crippen LogP contribution in [-0.2, 0) is 11.2 Å². The molecule has 0 spiro atoms. The minimum atomic E-state index is -0.503. The van der Waals surface area contributed by atoms with Crippen molar-refractivity contribution in [1.82, 2.24) is 5.32 Å². The van der Waals surface area contributed by atoms with Crippen LogP contribution in [0.5, 0.6) is 0 Å². The predicted molar refractivity (Wildman–Crippen MR) is 80.3 cm³/mol. The van der Waals surface area contributed by atoms with Crippen LogP contribution in [0.2, 0.25) is 0 Å². The summed E-state index contributed by atoms with van der Waals surface area (Å²) in [6.07, 6.45) is 1.49. The van der Waals surface area contributed by atoms with Gasteiger partial charge in [0.15, 0.2) is 0 Å². The average Bonchev–Trinajstić information content (AvgIpc) is 2.76. The topological polar surface area (TPSA) is 81.4 Å². The smallest absolute Gasteiger partial charge is 0.407 e. The van der Waals surface area contributed by atoms with Gasteiger partial charge in [-0.05, 0) is 56.9 Å². The number of alkyl carbamates (subject to hydrolysis) is 1. The van der Waals surface area contributed by atoms with E-state index in [0.29, 0.717) is 12.1 Å². The largest absolute Gasteiger partial charge is 0.444 e. The lowest BCUT2D eigenvalue weighted by Gasteiger charge is -2.21. The molecule has 2 rings (SSSR count). The molecule has 0 bridgehead atoms. The lowest BCUT2D eigenvalue weighted by atomic mass is 9.99. The van der Waals surface area contributed by atoms with Gasteiger partial charge >= 0.3 is 6.09 Å². The molecule has 0 aromatic heterocycles. The van der Waals surface area contributed by atoms with Gasteiger partial charge in [0.2, 0.25) is 5.91 Å². The number of hydrogen-bond donors (Lipinski definition) is 2. The third-order valence-electron chi connectivity index (χ3n) is 3.52. The Morgan fingerprint density at radius 2 is 2.10 bits per heavy atom. The molecule has 1 aliphatic carbocycles. The lowest BCUT2D eigenvalue weighted by molar-refractivity contribution is 0.0524. The van der Waals surface area contributed by atoms with Crippen LogP contribution in [0.1, 0.15) is 54.6 Å². The maximum atomic E-state index is 11.7. The standard InChI is InChI=1S/C16H22N2O3/c1-16(2,3)21-15(20)18-9-12-7-5-10-4-6-11(14(17)19)8-13(10)12/h4,6,8,12H,5,7,9H2,1-3H3,(H2,17,19)(H,18,20). The molecule has 1 aromatic rings. The number of primary amides is 1. The first-order valence-electron chi connectivity index (χ1n) is 7.16. The van der Waals surface area contributed by atoms with Gasteiger partial charge in [-0.1, -0.05) is 6.07 Å². The van der Waals surface area contributed by atoms with Crippen molar-refractivity contribution in [3.8, 4) is 0 Å². The molecule has 1 atom stereocenters. The number of amides is 2. The Kier molecular flexibility index (Phi) is 4.21. The highest BCUT2D eigenvalue weighted by atomic mass is 16.6. The highest BCUT2D eigenvalue weighted by Gasteiger charge is 2.24. The van der Waals surface area contributed by atoms with Crippen molar-refractivity contribution in [3.05, 3.63) is 34.9 Å². The Hall–Kier alpha value is -2.04. The number of carbonyl (C=O) groups excluding carboxylic acids is 2. The maximum absolute atomic E-state index is 11.7. The highest BCUT2D eigenvalue weighted by molar-refractivity contribution is 5.93. The molecular weight excluding hydrogens is 268 g/mol. The molecular formula is C16H22N2O3. The fourth-order valence-electron chi connectivity index (χ4n) is 2.57. The first kappa shape index (κ1) is 15.4. The Morgan fingerprint density at radius 3 is 2.71 bits per heavy atom. The zero-order valence-corrected chi connectivity index (χ0v) is 12.7. The van der Waals surface area contributed by atoms with E-state index in [0.717, 1.165) is 18.4 Å². The van der Waals surface area contributed by atoms with E-state index >= 15 is 0 Å². The van der Waals surface area contributed by atoms with Crippen molar-refractivity contribution in [2.75, 3.05) is 6.54 Å². The minimum absolute atomic E-state index is 0.201. The van der Waals surface area contributed by atoms with Crippen molar-refractivity contribution in [2.24, 2.45) is 5.73 Å². The van der Waals surface area contributed by atoms with E-state index in [4.69, 9.17) is 10.5 Å². The Labute approximate surface area is 124 Å². The summed E-state index contributed by atoms with van der Waals surface area (Å²) in [5.74, 6) is -0.227. The van der Waals surface area contributed by atoms with Crippen molar-refractivity contribution >= 4 is 12.0 Å². The molecule has 0 saturated heterocycles. The van der Waals surface area contributed by atoms with Crippen LogP contribution in [0.3, 0.4) is 0 Å². The number of hydrogen-bond acceptors (Lipinski definition) is 3. The number of rotatable bonds is 3. The van der Waals surface area contributed by atoms with Crippen LogP contribution in [0.4, 0.5) is 4.79 Å². The van der Waals surface area contributed by atoms with Crippen LogP contribution in [0, 0.1) is 0 Å². The van der Waals surface area contributed by atoms with Gasteiger partial charge in [0.25, 0.3) is 0 Å². The number of fused-ring (bicyclic) bond motifs is 1. The van der Waals surface area contributed by atoms with Crippen LogP contribution < -0.4 is 11.1 Å². The zero-order chi connectivity index (χ0) is 15.6. The second kappa shape index (κ2) is 5.76. The molecule has 0 aliphatic heterocycles. The number of benzene rings is 1. The van der Waals surface area contributed by atoms with Crippen molar-refractivity contribution in [1.29, 1.82) is 0 Å². The summed E-state index contributed by atoms with van der Waals surface area (Å²) >= 11 is 0. The fraction of sp³-hybridized carbons (Fsp3) is 0.500. The van der Waals surface area contributed by atoms with Gasteiger partial charge in [-0.2, -0.15) is 0 Å². The maximum Gasteiger partial charge on any atom is 0.407 e. The van der Waals surface area contributed by atoms with Gasteiger partial charge in [-0.15, -0.1) is 0 Å². The summed E-state index contributed by atoms with van der Waals surface area (Å²) in [6.45, 7) is 5.99. The molecule has 114 valence electrons. The Morgan fingerprint density at radius 1 is 1.38 bits per heavy atom. The van der Waals surface area contributed by atoms with Gasteiger partial charge in [-0.25, -0.2) is 4.79 Å². The number of carbonyl (C=O) groups is 2. The lowest BCUT2D eigenvalue weighted by Crippen LogP contribution is -2.34. The van der Waals surface area contributed by atoms with Gasteiger partial charge < -0.3 is 15.8 Å². The van der Waals surface area contributed by atoms with E-state index < -0.39 is 17.6 Å². The van der Waals surface area contributed by atoms with E-state index in [1.807, 2.05) is 32.9 Å². The van der Waals surface area contributed by atoms with Crippen LogP contribution >= 0.6 is 0 Å². The quantitative estimate of drug-likeness (QED) is 0.896. The summed E-state index contributed by atoms with van der Waals surface area (Å²) < 4.78 is 5.22. The third-order valence-corrected chi connectivity index (χ3v) is 3.52. The minimum Gasteiger partial charge on any atom is -0.444 e. The van der Waals surface area contributed by atoms with Gasteiger partial charge in [0.05, 0.1) is 0 Å². The molecule has 5 nitrogen and oxygen atoms in total. The molecule has 0 saturated carbocycles. The van der Waals surface area contributed by atoms with E-state index in [-0.39, 0.29) is 5.92 Å². The average molecular weight is 290 g/mol. The van der Waals surface area contributed by atoms with Crippen LogP contribution in [0.15, 0.2) is 18.2 Å². The summed E-state index contributed by atoms with van der Waals surface area (Å²) in [7, 11) is 0. The fourth-order valence-corrected chi connectivity index (χ4v) is 2.57. The summed E-state index contributed by atoms with van der Waals surface area (Å²) in [5, 5.41) is 2.79. The zero-order valence-electron chi connectivity index (χ0n) is 12.7. The van der Waals surface area contributed by atoms with Gasteiger partial charge in [0, 0.05) is 18.0 Å². The van der Waals surface area contributed by atoms with Crippen LogP contribution in [0.25, 0.3) is 0 Å². The van der Waals surface area contributed by atoms with E-state index in [1.165, 1.54) is 5.56 Å². The van der Waals surface area contributed by atoms with Crippen molar-refractivity contribution in [3.63, 3.8) is 0 Å². The number of nitrogens with one attached hydrogen (secondary N) is 1. The summed E-state index contributed by atoms with van der Waals surface area (Å²) in [4.78, 5) is 23.0. The first-order valence-corrected chi connectivity index (χ1v) is 7.16. The van der Waals surface area contributed by atoms with E-state index in [1.54, 1.807) is 6.07 Å². The van der Waals surface area contributed by atoms with Gasteiger partial charge in [-0.3, -0.25) is 4.79 Å². The molecule has 1 aliphatic rings. The molecule has 1 aromatic carbocycles. The highest BCUT2D eigenvalue weighted by Crippen LogP contribution is 2.33. The second-order valence-electron chi connectivity index (χ2n) is 6.40. The monoisotopic (exact) mass is 290 g/mol. The first-order chi connectivity index (χ1) is 9.76. The third kappa shape index (κ3) is 3.97. The van der Waals surface area contributed by atoms with E-state index in [2.05, 4.69) is 5.32 Å².